The van der Waals surface area contributed by atoms with Crippen LogP contribution in [0.5, 0.6) is 5.75 Å². The molecule has 0 aliphatic carbocycles. The first-order valence-corrected chi connectivity index (χ1v) is 12.9. The van der Waals surface area contributed by atoms with Crippen molar-refractivity contribution in [2.24, 2.45) is 0 Å². The SMILES string of the molecule is COc1cc2sc(C(C)(C)NC(=O)Nc3ccc4c(c3)C(=O)N(C3CCC(=O)NC3=O)C4=O)nc2c(Cl)c1F. The van der Waals surface area contributed by atoms with Gasteiger partial charge in [0.1, 0.15) is 21.6 Å². The van der Waals surface area contributed by atoms with E-state index in [0.717, 1.165) is 4.90 Å². The number of fused-ring (bicyclic) bond motifs is 2. The Morgan fingerprint density at radius 1 is 1.21 bits per heavy atom. The predicted octanol–water partition coefficient (Wildman–Crippen LogP) is 3.56. The van der Waals surface area contributed by atoms with E-state index in [2.05, 4.69) is 20.9 Å². The Labute approximate surface area is 229 Å². The minimum atomic E-state index is -1.09. The molecule has 202 valence electrons. The summed E-state index contributed by atoms with van der Waals surface area (Å²) in [6.45, 7) is 3.41. The highest BCUT2D eigenvalue weighted by Gasteiger charge is 2.44. The summed E-state index contributed by atoms with van der Waals surface area (Å²) in [4.78, 5) is 67.7. The highest BCUT2D eigenvalue weighted by molar-refractivity contribution is 7.18. The Morgan fingerprint density at radius 2 is 1.92 bits per heavy atom. The number of carbonyl (C=O) groups is 5. The number of amides is 6. The van der Waals surface area contributed by atoms with Crippen LogP contribution in [0, 0.1) is 5.82 Å². The van der Waals surface area contributed by atoms with Gasteiger partial charge >= 0.3 is 6.03 Å². The molecule has 0 bridgehead atoms. The number of benzene rings is 2. The van der Waals surface area contributed by atoms with E-state index in [-0.39, 0.29) is 45.9 Å². The maximum absolute atomic E-state index is 14.3. The molecule has 1 unspecified atom stereocenters. The topological polar surface area (TPSA) is 147 Å². The molecule has 0 spiro atoms. The molecule has 3 N–H and O–H groups in total. The number of carbonyl (C=O) groups excluding carboxylic acids is 5. The Hall–Kier alpha value is -4.10. The van der Waals surface area contributed by atoms with Crippen LogP contribution in [-0.2, 0) is 15.1 Å². The van der Waals surface area contributed by atoms with Crippen molar-refractivity contribution in [3.05, 3.63) is 51.2 Å². The lowest BCUT2D eigenvalue weighted by atomic mass is 10.0. The van der Waals surface area contributed by atoms with Gasteiger partial charge in [0.15, 0.2) is 11.6 Å². The number of urea groups is 1. The zero-order valence-electron chi connectivity index (χ0n) is 20.8. The first-order valence-electron chi connectivity index (χ1n) is 11.7. The molecule has 3 heterocycles. The Balaban J connectivity index is 1.33. The summed E-state index contributed by atoms with van der Waals surface area (Å²) >= 11 is 7.34. The first-order chi connectivity index (χ1) is 18.4. The maximum atomic E-state index is 14.3. The number of anilines is 1. The number of nitrogens with zero attached hydrogens (tertiary/aromatic N) is 2. The van der Waals surface area contributed by atoms with Crippen molar-refractivity contribution in [3.8, 4) is 5.75 Å². The average Bonchev–Trinajstić information content (AvgIpc) is 3.41. The zero-order valence-corrected chi connectivity index (χ0v) is 22.4. The standard InChI is InChI=1S/C25H21ClFN5O6S/c1-25(2,23-30-19-15(39-23)9-14(38-3)18(27)17(19)26)31-24(37)28-10-4-5-11-12(8-10)22(36)32(21(11)35)13-6-7-16(33)29-20(13)34/h4-5,8-9,13H,6-7H2,1-3H3,(H2,28,31,37)(H,29,33,34). The number of rotatable bonds is 5. The van der Waals surface area contributed by atoms with Gasteiger partial charge in [-0.25, -0.2) is 14.2 Å². The molecule has 5 rings (SSSR count). The number of aromatic nitrogens is 1. The van der Waals surface area contributed by atoms with Gasteiger partial charge in [-0.1, -0.05) is 11.6 Å². The minimum Gasteiger partial charge on any atom is -0.494 e. The summed E-state index contributed by atoms with van der Waals surface area (Å²) in [5.41, 5.74) is -0.421. The van der Waals surface area contributed by atoms with Crippen LogP contribution in [0.25, 0.3) is 10.2 Å². The number of piperidine rings is 1. The van der Waals surface area contributed by atoms with Crippen LogP contribution in [0.2, 0.25) is 5.02 Å². The van der Waals surface area contributed by atoms with Crippen molar-refractivity contribution in [3.63, 3.8) is 0 Å². The number of nitrogens with one attached hydrogen (secondary N) is 3. The lowest BCUT2D eigenvalue weighted by Crippen LogP contribution is -2.54. The third kappa shape index (κ3) is 4.57. The quantitative estimate of drug-likeness (QED) is 0.395. The van der Waals surface area contributed by atoms with E-state index in [4.69, 9.17) is 16.3 Å². The molecule has 2 aliphatic rings. The van der Waals surface area contributed by atoms with Gasteiger partial charge in [0.2, 0.25) is 11.8 Å². The van der Waals surface area contributed by atoms with E-state index in [0.29, 0.717) is 9.71 Å². The summed E-state index contributed by atoms with van der Waals surface area (Å²) in [6.07, 6.45) is 0.0467. The highest BCUT2D eigenvalue weighted by atomic mass is 35.5. The largest absolute Gasteiger partial charge is 0.494 e. The zero-order chi connectivity index (χ0) is 28.2. The van der Waals surface area contributed by atoms with Crippen LogP contribution in [0.15, 0.2) is 24.3 Å². The van der Waals surface area contributed by atoms with E-state index in [9.17, 15) is 28.4 Å². The van der Waals surface area contributed by atoms with Crippen LogP contribution in [-0.4, -0.2) is 52.7 Å². The Kier molecular flexibility index (Phi) is 6.51. The number of imide groups is 2. The second-order valence-electron chi connectivity index (χ2n) is 9.48. The highest BCUT2D eigenvalue weighted by Crippen LogP contribution is 2.38. The van der Waals surface area contributed by atoms with Crippen LogP contribution >= 0.6 is 22.9 Å². The fraction of sp³-hybridized carbons (Fsp3) is 0.280. The molecule has 1 atom stereocenters. The van der Waals surface area contributed by atoms with Gasteiger partial charge in [0.25, 0.3) is 11.8 Å². The minimum absolute atomic E-state index is 0.00984. The fourth-order valence-corrected chi connectivity index (χ4v) is 5.80. The van der Waals surface area contributed by atoms with Gasteiger partial charge in [0.05, 0.1) is 28.5 Å². The van der Waals surface area contributed by atoms with Gasteiger partial charge in [-0.05, 0) is 38.5 Å². The number of methoxy groups -OCH3 is 1. The van der Waals surface area contributed by atoms with Gasteiger partial charge in [-0.2, -0.15) is 0 Å². The average molecular weight is 574 g/mol. The molecule has 1 aromatic heterocycles. The predicted molar refractivity (Wildman–Crippen MR) is 139 cm³/mol. The van der Waals surface area contributed by atoms with Gasteiger partial charge < -0.3 is 15.4 Å². The second kappa shape index (κ2) is 9.58. The van der Waals surface area contributed by atoms with Crippen molar-refractivity contribution in [2.45, 2.75) is 38.3 Å². The van der Waals surface area contributed by atoms with Crippen LogP contribution < -0.4 is 20.7 Å². The smallest absolute Gasteiger partial charge is 0.319 e. The Bertz CT molecular complexity index is 1610. The fourth-order valence-electron chi connectivity index (χ4n) is 4.45. The van der Waals surface area contributed by atoms with Crippen LogP contribution in [0.1, 0.15) is 52.4 Å². The molecule has 14 heteroatoms. The third-order valence-electron chi connectivity index (χ3n) is 6.41. The van der Waals surface area contributed by atoms with E-state index >= 15 is 0 Å². The molecule has 11 nitrogen and oxygen atoms in total. The number of halogens is 2. The molecule has 0 radical (unpaired) electrons. The van der Waals surface area contributed by atoms with E-state index in [1.807, 2.05) is 0 Å². The first kappa shape index (κ1) is 26.5. The lowest BCUT2D eigenvalue weighted by Gasteiger charge is -2.27. The molecule has 6 amide bonds. The van der Waals surface area contributed by atoms with Gasteiger partial charge in [0, 0.05) is 18.2 Å². The van der Waals surface area contributed by atoms with Crippen molar-refractivity contribution in [2.75, 3.05) is 12.4 Å². The molecule has 1 fully saturated rings. The summed E-state index contributed by atoms with van der Waals surface area (Å²) in [5.74, 6) is -3.26. The summed E-state index contributed by atoms with van der Waals surface area (Å²) in [6, 6.07) is 3.95. The van der Waals surface area contributed by atoms with Crippen molar-refractivity contribution in [1.29, 1.82) is 0 Å². The second-order valence-corrected chi connectivity index (χ2v) is 10.9. The maximum Gasteiger partial charge on any atom is 0.319 e. The molecule has 2 aromatic carbocycles. The number of hydrogen-bond acceptors (Lipinski definition) is 8. The normalized spacial score (nSPS) is 17.4. The molecule has 1 saturated heterocycles. The number of ether oxygens (including phenoxy) is 1. The van der Waals surface area contributed by atoms with Crippen LogP contribution in [0.3, 0.4) is 0 Å². The molecule has 0 saturated carbocycles. The van der Waals surface area contributed by atoms with Gasteiger partial charge in [-0.15, -0.1) is 11.3 Å². The molecular weight excluding hydrogens is 553 g/mol. The summed E-state index contributed by atoms with van der Waals surface area (Å²) < 4.78 is 19.9. The van der Waals surface area contributed by atoms with Crippen molar-refractivity contribution >= 4 is 68.5 Å². The molecular formula is C25H21ClFN5O6S. The number of hydrogen-bond donors (Lipinski definition) is 3. The molecule has 2 aliphatic heterocycles. The Morgan fingerprint density at radius 3 is 2.62 bits per heavy atom. The molecule has 39 heavy (non-hydrogen) atoms. The molecule has 3 aromatic rings. The summed E-state index contributed by atoms with van der Waals surface area (Å²) in [7, 11) is 1.33. The number of thiazole rings is 1. The van der Waals surface area contributed by atoms with E-state index < -0.39 is 47.1 Å². The van der Waals surface area contributed by atoms with Crippen LogP contribution in [0.4, 0.5) is 14.9 Å². The lowest BCUT2D eigenvalue weighted by molar-refractivity contribution is -0.136. The monoisotopic (exact) mass is 573 g/mol. The van der Waals surface area contributed by atoms with E-state index in [1.165, 1.54) is 42.7 Å². The van der Waals surface area contributed by atoms with Crippen molar-refractivity contribution < 1.29 is 33.1 Å². The van der Waals surface area contributed by atoms with Gasteiger partial charge in [-0.3, -0.25) is 29.4 Å². The third-order valence-corrected chi connectivity index (χ3v) is 8.08. The summed E-state index contributed by atoms with van der Waals surface area (Å²) in [5, 5.41) is 7.83. The van der Waals surface area contributed by atoms with E-state index in [1.54, 1.807) is 13.8 Å². The van der Waals surface area contributed by atoms with Crippen molar-refractivity contribution in [1.82, 2.24) is 20.5 Å².